The van der Waals surface area contributed by atoms with Crippen molar-refractivity contribution in [3.8, 4) is 0 Å². The highest BCUT2D eigenvalue weighted by Crippen LogP contribution is 2.52. The smallest absolute Gasteiger partial charge is 0.0114 e. The third-order valence-electron chi connectivity index (χ3n) is 4.73. The largest absolute Gasteiger partial charge is 0.0853 e. The van der Waals surface area contributed by atoms with Gasteiger partial charge in [-0.05, 0) is 64.2 Å². The van der Waals surface area contributed by atoms with Crippen molar-refractivity contribution < 1.29 is 0 Å². The minimum atomic E-state index is 0.609. The molecular formula is C15H24. The molecule has 2 aliphatic rings. The summed E-state index contributed by atoms with van der Waals surface area (Å²) in [7, 11) is 0. The van der Waals surface area contributed by atoms with Gasteiger partial charge in [0.2, 0.25) is 0 Å². The zero-order valence-corrected chi connectivity index (χ0v) is 10.7. The summed E-state index contributed by atoms with van der Waals surface area (Å²) in [5.41, 5.74) is 5.56. The van der Waals surface area contributed by atoms with E-state index in [1.165, 1.54) is 32.1 Å². The van der Waals surface area contributed by atoms with Crippen LogP contribution in [0.1, 0.15) is 59.8 Å². The molecule has 2 rings (SSSR count). The molecule has 2 atom stereocenters. The van der Waals surface area contributed by atoms with Crippen LogP contribution in [0.3, 0.4) is 0 Å². The second kappa shape index (κ2) is 3.81. The fraction of sp³-hybridized carbons (Fsp3) is 0.733. The van der Waals surface area contributed by atoms with Crippen LogP contribution in [0.25, 0.3) is 0 Å². The molecule has 1 saturated carbocycles. The van der Waals surface area contributed by atoms with Crippen molar-refractivity contribution >= 4 is 0 Å². The lowest BCUT2D eigenvalue weighted by Crippen LogP contribution is -2.34. The van der Waals surface area contributed by atoms with Crippen LogP contribution in [-0.2, 0) is 0 Å². The van der Waals surface area contributed by atoms with E-state index in [0.29, 0.717) is 5.41 Å². The van der Waals surface area contributed by atoms with Crippen molar-refractivity contribution in [1.29, 1.82) is 0 Å². The van der Waals surface area contributed by atoms with E-state index in [9.17, 15) is 0 Å². The maximum absolute atomic E-state index is 2.51. The maximum Gasteiger partial charge on any atom is -0.0114 e. The fourth-order valence-corrected chi connectivity index (χ4v) is 3.44. The average Bonchev–Trinajstić information content (AvgIpc) is 2.17. The van der Waals surface area contributed by atoms with Crippen LogP contribution in [0.5, 0.6) is 0 Å². The molecule has 0 nitrogen and oxygen atoms in total. The summed E-state index contributed by atoms with van der Waals surface area (Å²) < 4.78 is 0. The Morgan fingerprint density at radius 2 is 2.07 bits per heavy atom. The van der Waals surface area contributed by atoms with Crippen molar-refractivity contribution in [2.75, 3.05) is 0 Å². The molecule has 0 radical (unpaired) electrons. The van der Waals surface area contributed by atoms with Crippen LogP contribution in [0.15, 0.2) is 22.8 Å². The highest BCUT2D eigenvalue weighted by atomic mass is 14.4. The molecule has 0 aliphatic heterocycles. The molecule has 0 N–H and O–H groups in total. The summed E-state index contributed by atoms with van der Waals surface area (Å²) in [6.07, 6.45) is 9.28. The number of fused-ring (bicyclic) bond motifs is 1. The van der Waals surface area contributed by atoms with Gasteiger partial charge in [-0.15, -0.1) is 0 Å². The average molecular weight is 204 g/mol. The van der Waals surface area contributed by atoms with E-state index in [2.05, 4.69) is 33.8 Å². The van der Waals surface area contributed by atoms with E-state index in [4.69, 9.17) is 0 Å². The first-order valence-electron chi connectivity index (χ1n) is 6.35. The van der Waals surface area contributed by atoms with Gasteiger partial charge < -0.3 is 0 Å². The molecule has 0 unspecified atom stereocenters. The molecule has 0 aromatic heterocycles. The van der Waals surface area contributed by atoms with E-state index in [1.54, 1.807) is 16.7 Å². The Morgan fingerprint density at radius 1 is 1.33 bits per heavy atom. The topological polar surface area (TPSA) is 0 Å². The van der Waals surface area contributed by atoms with Gasteiger partial charge in [-0.2, -0.15) is 0 Å². The van der Waals surface area contributed by atoms with Gasteiger partial charge in [0.1, 0.15) is 0 Å². The van der Waals surface area contributed by atoms with Gasteiger partial charge in [0.25, 0.3) is 0 Å². The van der Waals surface area contributed by atoms with Gasteiger partial charge in [0, 0.05) is 0 Å². The van der Waals surface area contributed by atoms with Gasteiger partial charge >= 0.3 is 0 Å². The number of hydrogen-bond donors (Lipinski definition) is 0. The van der Waals surface area contributed by atoms with Gasteiger partial charge in [0.05, 0.1) is 0 Å². The Kier molecular flexibility index (Phi) is 2.79. The van der Waals surface area contributed by atoms with E-state index in [1.807, 2.05) is 0 Å². The molecule has 2 aliphatic carbocycles. The van der Waals surface area contributed by atoms with Gasteiger partial charge in [0.15, 0.2) is 0 Å². The van der Waals surface area contributed by atoms with E-state index >= 15 is 0 Å². The van der Waals surface area contributed by atoms with Crippen LogP contribution in [0, 0.1) is 11.3 Å². The van der Waals surface area contributed by atoms with Crippen LogP contribution in [0.2, 0.25) is 0 Å². The standard InChI is InChI=1S/C15H24/c1-11(2)13-7-9-15(4)8-5-6-12(3)14(15)10-13/h6,14H,5,7-10H2,1-4H3/t14-,15-/m1/s1. The second-order valence-corrected chi connectivity index (χ2v) is 6.00. The van der Waals surface area contributed by atoms with E-state index < -0.39 is 0 Å². The molecule has 0 aromatic carbocycles. The van der Waals surface area contributed by atoms with Gasteiger partial charge in [-0.25, -0.2) is 0 Å². The summed E-state index contributed by atoms with van der Waals surface area (Å²) in [5, 5.41) is 0. The molecule has 0 heteroatoms. The first-order valence-corrected chi connectivity index (χ1v) is 6.35. The lowest BCUT2D eigenvalue weighted by molar-refractivity contribution is 0.146. The van der Waals surface area contributed by atoms with Gasteiger partial charge in [-0.1, -0.05) is 29.7 Å². The first kappa shape index (κ1) is 11.0. The molecule has 0 heterocycles. The highest BCUT2D eigenvalue weighted by Gasteiger charge is 2.40. The Hall–Kier alpha value is -0.520. The van der Waals surface area contributed by atoms with Crippen molar-refractivity contribution in [1.82, 2.24) is 0 Å². The van der Waals surface area contributed by atoms with Crippen LogP contribution in [0.4, 0.5) is 0 Å². The number of rotatable bonds is 0. The Morgan fingerprint density at radius 3 is 2.73 bits per heavy atom. The summed E-state index contributed by atoms with van der Waals surface area (Å²) in [5.74, 6) is 0.838. The fourth-order valence-electron chi connectivity index (χ4n) is 3.44. The van der Waals surface area contributed by atoms with E-state index in [-0.39, 0.29) is 0 Å². The van der Waals surface area contributed by atoms with Crippen molar-refractivity contribution in [2.24, 2.45) is 11.3 Å². The molecule has 15 heavy (non-hydrogen) atoms. The normalized spacial score (nSPS) is 35.9. The monoisotopic (exact) mass is 204 g/mol. The Labute approximate surface area is 94.5 Å². The number of allylic oxidation sites excluding steroid dienone is 4. The molecule has 0 aromatic rings. The van der Waals surface area contributed by atoms with Crippen LogP contribution >= 0.6 is 0 Å². The third-order valence-corrected chi connectivity index (χ3v) is 4.73. The highest BCUT2D eigenvalue weighted by molar-refractivity contribution is 5.23. The molecule has 0 saturated heterocycles. The second-order valence-electron chi connectivity index (χ2n) is 6.00. The number of hydrogen-bond acceptors (Lipinski definition) is 0. The lowest BCUT2D eigenvalue weighted by atomic mass is 9.59. The van der Waals surface area contributed by atoms with Crippen LogP contribution < -0.4 is 0 Å². The molecular weight excluding hydrogens is 180 g/mol. The van der Waals surface area contributed by atoms with E-state index in [0.717, 1.165) is 5.92 Å². The van der Waals surface area contributed by atoms with Crippen LogP contribution in [-0.4, -0.2) is 0 Å². The predicted molar refractivity (Wildman–Crippen MR) is 66.8 cm³/mol. The molecule has 1 fully saturated rings. The Balaban J connectivity index is 2.27. The van der Waals surface area contributed by atoms with Gasteiger partial charge in [-0.3, -0.25) is 0 Å². The molecule has 84 valence electrons. The zero-order valence-electron chi connectivity index (χ0n) is 10.7. The predicted octanol–water partition coefficient (Wildman–Crippen LogP) is 4.87. The van der Waals surface area contributed by atoms with Crippen molar-refractivity contribution in [3.05, 3.63) is 22.8 Å². The first-order chi connectivity index (χ1) is 7.03. The van der Waals surface area contributed by atoms with Crippen molar-refractivity contribution in [3.63, 3.8) is 0 Å². The summed E-state index contributed by atoms with van der Waals surface area (Å²) >= 11 is 0. The third kappa shape index (κ3) is 1.91. The maximum atomic E-state index is 2.51. The summed E-state index contributed by atoms with van der Waals surface area (Å²) in [4.78, 5) is 0. The summed E-state index contributed by atoms with van der Waals surface area (Å²) in [6, 6.07) is 0. The summed E-state index contributed by atoms with van der Waals surface area (Å²) in [6.45, 7) is 9.41. The zero-order chi connectivity index (χ0) is 11.1. The Bertz CT molecular complexity index is 315. The molecule has 0 bridgehead atoms. The minimum Gasteiger partial charge on any atom is -0.0853 e. The lowest BCUT2D eigenvalue weighted by Gasteiger charge is -2.46. The molecule has 0 spiro atoms. The quantitative estimate of drug-likeness (QED) is 0.494. The van der Waals surface area contributed by atoms with Crippen molar-refractivity contribution in [2.45, 2.75) is 59.8 Å². The minimum absolute atomic E-state index is 0.609. The SMILES string of the molecule is CC1=CCC[C@]2(C)CCC(=C(C)C)C[C@H]12. The molecule has 0 amide bonds.